The molecule has 136 valence electrons. The van der Waals surface area contributed by atoms with E-state index in [2.05, 4.69) is 66.6 Å². The lowest BCUT2D eigenvalue weighted by Gasteiger charge is -2.28. The van der Waals surface area contributed by atoms with Gasteiger partial charge in [-0.25, -0.2) is 4.68 Å². The molecular weight excluding hydrogens is 308 g/mol. The fourth-order valence-electron chi connectivity index (χ4n) is 3.78. The number of nitrogens with zero attached hydrogens (tertiary/aromatic N) is 4. The SMILES string of the molecule is Cc1ccccc1-n1nc(C)c(CN(C)CCN2CCCCC2)c1C. The van der Waals surface area contributed by atoms with Crippen molar-refractivity contribution in [1.82, 2.24) is 19.6 Å². The van der Waals surface area contributed by atoms with Gasteiger partial charge in [0.05, 0.1) is 11.4 Å². The van der Waals surface area contributed by atoms with Crippen LogP contribution in [0.4, 0.5) is 0 Å². The zero-order valence-electron chi connectivity index (χ0n) is 16.3. The molecule has 2 heterocycles. The van der Waals surface area contributed by atoms with Crippen LogP contribution >= 0.6 is 0 Å². The van der Waals surface area contributed by atoms with Gasteiger partial charge in [-0.05, 0) is 65.4 Å². The third-order valence-corrected chi connectivity index (χ3v) is 5.46. The first-order valence-electron chi connectivity index (χ1n) is 9.58. The van der Waals surface area contributed by atoms with E-state index in [1.165, 1.54) is 61.4 Å². The van der Waals surface area contributed by atoms with E-state index >= 15 is 0 Å². The van der Waals surface area contributed by atoms with Crippen molar-refractivity contribution in [3.63, 3.8) is 0 Å². The first kappa shape index (κ1) is 18.2. The number of rotatable bonds is 6. The second kappa shape index (κ2) is 8.15. The van der Waals surface area contributed by atoms with Gasteiger partial charge in [-0.3, -0.25) is 0 Å². The van der Waals surface area contributed by atoms with E-state index in [4.69, 9.17) is 5.10 Å². The molecule has 3 rings (SSSR count). The number of hydrogen-bond donors (Lipinski definition) is 0. The average molecular weight is 341 g/mol. The van der Waals surface area contributed by atoms with Gasteiger partial charge < -0.3 is 9.80 Å². The van der Waals surface area contributed by atoms with E-state index in [1.54, 1.807) is 0 Å². The van der Waals surface area contributed by atoms with Crippen LogP contribution in [-0.4, -0.2) is 52.8 Å². The third-order valence-electron chi connectivity index (χ3n) is 5.46. The molecule has 1 saturated heterocycles. The molecule has 4 nitrogen and oxygen atoms in total. The van der Waals surface area contributed by atoms with Crippen LogP contribution < -0.4 is 0 Å². The number of hydrogen-bond acceptors (Lipinski definition) is 3. The lowest BCUT2D eigenvalue weighted by Crippen LogP contribution is -2.36. The summed E-state index contributed by atoms with van der Waals surface area (Å²) in [6.07, 6.45) is 4.14. The maximum Gasteiger partial charge on any atom is 0.0678 e. The Kier molecular flexibility index (Phi) is 5.92. The Labute approximate surface area is 152 Å². The third kappa shape index (κ3) is 4.31. The molecule has 2 aromatic rings. The van der Waals surface area contributed by atoms with Gasteiger partial charge in [0.2, 0.25) is 0 Å². The molecule has 4 heteroatoms. The molecule has 0 radical (unpaired) electrons. The van der Waals surface area contributed by atoms with Gasteiger partial charge in [-0.1, -0.05) is 24.6 Å². The highest BCUT2D eigenvalue weighted by molar-refractivity contribution is 5.42. The molecule has 0 amide bonds. The summed E-state index contributed by atoms with van der Waals surface area (Å²) < 4.78 is 2.11. The van der Waals surface area contributed by atoms with Crippen LogP contribution in [0.15, 0.2) is 24.3 Å². The van der Waals surface area contributed by atoms with Crippen LogP contribution in [-0.2, 0) is 6.54 Å². The summed E-state index contributed by atoms with van der Waals surface area (Å²) in [7, 11) is 2.23. The zero-order valence-corrected chi connectivity index (χ0v) is 16.3. The van der Waals surface area contributed by atoms with E-state index in [-0.39, 0.29) is 0 Å². The highest BCUT2D eigenvalue weighted by atomic mass is 15.3. The van der Waals surface area contributed by atoms with Crippen molar-refractivity contribution in [3.05, 3.63) is 46.8 Å². The van der Waals surface area contributed by atoms with Crippen molar-refractivity contribution in [3.8, 4) is 5.69 Å². The second-order valence-electron chi connectivity index (χ2n) is 7.49. The number of para-hydroxylation sites is 1. The minimum atomic E-state index is 0.970. The van der Waals surface area contributed by atoms with Crippen molar-refractivity contribution >= 4 is 0 Å². The zero-order chi connectivity index (χ0) is 17.8. The first-order chi connectivity index (χ1) is 12.1. The van der Waals surface area contributed by atoms with E-state index in [0.717, 1.165) is 18.8 Å². The molecule has 0 saturated carbocycles. The Bertz CT molecular complexity index is 698. The minimum Gasteiger partial charge on any atom is -0.302 e. The number of aryl methyl sites for hydroxylation is 2. The number of aromatic nitrogens is 2. The molecule has 0 bridgehead atoms. The Balaban J connectivity index is 1.67. The maximum absolute atomic E-state index is 4.82. The molecule has 0 N–H and O–H groups in total. The molecule has 0 unspecified atom stereocenters. The smallest absolute Gasteiger partial charge is 0.0678 e. The summed E-state index contributed by atoms with van der Waals surface area (Å²) >= 11 is 0. The minimum absolute atomic E-state index is 0.970. The van der Waals surface area contributed by atoms with Crippen molar-refractivity contribution in [2.75, 3.05) is 33.2 Å². The van der Waals surface area contributed by atoms with Crippen LogP contribution in [0.2, 0.25) is 0 Å². The van der Waals surface area contributed by atoms with Crippen molar-refractivity contribution in [2.24, 2.45) is 0 Å². The normalized spacial score (nSPS) is 15.9. The van der Waals surface area contributed by atoms with Gasteiger partial charge in [0.25, 0.3) is 0 Å². The highest BCUT2D eigenvalue weighted by Crippen LogP contribution is 2.21. The number of likely N-dealkylation sites (N-methyl/N-ethyl adjacent to an activating group) is 1. The molecule has 1 aromatic heterocycles. The summed E-state index contributed by atoms with van der Waals surface area (Å²) in [6.45, 7) is 12.3. The lowest BCUT2D eigenvalue weighted by atomic mass is 10.1. The second-order valence-corrected chi connectivity index (χ2v) is 7.49. The van der Waals surface area contributed by atoms with Crippen molar-refractivity contribution in [2.45, 2.75) is 46.6 Å². The molecule has 1 fully saturated rings. The summed E-state index contributed by atoms with van der Waals surface area (Å²) in [4.78, 5) is 5.05. The van der Waals surface area contributed by atoms with Gasteiger partial charge in [-0.2, -0.15) is 5.10 Å². The van der Waals surface area contributed by atoms with E-state index in [9.17, 15) is 0 Å². The molecular formula is C21H32N4. The van der Waals surface area contributed by atoms with Crippen molar-refractivity contribution in [1.29, 1.82) is 0 Å². The van der Waals surface area contributed by atoms with Gasteiger partial charge in [0.1, 0.15) is 0 Å². The van der Waals surface area contributed by atoms with E-state index in [0.29, 0.717) is 0 Å². The summed E-state index contributed by atoms with van der Waals surface area (Å²) in [5.74, 6) is 0. The van der Waals surface area contributed by atoms with Crippen LogP contribution in [0.25, 0.3) is 5.69 Å². The van der Waals surface area contributed by atoms with Crippen molar-refractivity contribution < 1.29 is 0 Å². The largest absolute Gasteiger partial charge is 0.302 e. The molecule has 25 heavy (non-hydrogen) atoms. The average Bonchev–Trinajstić information content (AvgIpc) is 2.89. The predicted molar refractivity (Wildman–Crippen MR) is 104 cm³/mol. The molecule has 0 spiro atoms. The fraction of sp³-hybridized carbons (Fsp3) is 0.571. The molecule has 1 aliphatic rings. The Morgan fingerprint density at radius 1 is 1.04 bits per heavy atom. The van der Waals surface area contributed by atoms with Crippen LogP contribution in [0.5, 0.6) is 0 Å². The number of piperidine rings is 1. The molecule has 0 aliphatic carbocycles. The summed E-state index contributed by atoms with van der Waals surface area (Å²) in [5, 5.41) is 4.82. The first-order valence-corrected chi connectivity index (χ1v) is 9.58. The van der Waals surface area contributed by atoms with Crippen LogP contribution in [0.1, 0.15) is 41.8 Å². The predicted octanol–water partition coefficient (Wildman–Crippen LogP) is 3.72. The maximum atomic E-state index is 4.82. The Morgan fingerprint density at radius 3 is 2.48 bits per heavy atom. The quantitative estimate of drug-likeness (QED) is 0.801. The van der Waals surface area contributed by atoms with Gasteiger partial charge in [-0.15, -0.1) is 0 Å². The van der Waals surface area contributed by atoms with Gasteiger partial charge >= 0.3 is 0 Å². The van der Waals surface area contributed by atoms with Gasteiger partial charge in [0.15, 0.2) is 0 Å². The molecule has 1 aromatic carbocycles. The molecule has 0 atom stereocenters. The topological polar surface area (TPSA) is 24.3 Å². The number of benzene rings is 1. The summed E-state index contributed by atoms with van der Waals surface area (Å²) in [6, 6.07) is 8.47. The van der Waals surface area contributed by atoms with E-state index in [1.807, 2.05) is 0 Å². The Morgan fingerprint density at radius 2 is 1.76 bits per heavy atom. The standard InChI is InChI=1S/C21H32N4/c1-17-10-6-7-11-21(17)25-19(3)20(18(2)22-25)16-23(4)14-15-24-12-8-5-9-13-24/h6-7,10-11H,5,8-9,12-16H2,1-4H3. The molecule has 1 aliphatic heterocycles. The lowest BCUT2D eigenvalue weighted by molar-refractivity contribution is 0.193. The fourth-order valence-corrected chi connectivity index (χ4v) is 3.78. The van der Waals surface area contributed by atoms with Crippen LogP contribution in [0, 0.1) is 20.8 Å². The monoisotopic (exact) mass is 340 g/mol. The summed E-state index contributed by atoms with van der Waals surface area (Å²) in [5.41, 5.74) is 6.22. The number of likely N-dealkylation sites (tertiary alicyclic amines) is 1. The van der Waals surface area contributed by atoms with Gasteiger partial charge in [0, 0.05) is 30.9 Å². The van der Waals surface area contributed by atoms with E-state index < -0.39 is 0 Å². The Hall–Kier alpha value is -1.65. The highest BCUT2D eigenvalue weighted by Gasteiger charge is 2.16. The van der Waals surface area contributed by atoms with Crippen LogP contribution in [0.3, 0.4) is 0 Å².